The molecule has 0 spiro atoms. The van der Waals surface area contributed by atoms with Crippen molar-refractivity contribution in [3.63, 3.8) is 0 Å². The van der Waals surface area contributed by atoms with E-state index in [2.05, 4.69) is 9.88 Å². The Morgan fingerprint density at radius 3 is 2.52 bits per heavy atom. The summed E-state index contributed by atoms with van der Waals surface area (Å²) in [6, 6.07) is -0.102. The van der Waals surface area contributed by atoms with Gasteiger partial charge >= 0.3 is 5.69 Å². The summed E-state index contributed by atoms with van der Waals surface area (Å²) < 4.78 is 9.85. The molecule has 0 aliphatic carbocycles. The van der Waals surface area contributed by atoms with E-state index in [-0.39, 0.29) is 17.3 Å². The lowest BCUT2D eigenvalue weighted by atomic mass is 10.2. The maximum absolute atomic E-state index is 12.8. The molecule has 4 heterocycles. The van der Waals surface area contributed by atoms with E-state index in [0.29, 0.717) is 23.7 Å². The summed E-state index contributed by atoms with van der Waals surface area (Å²) in [5, 5.41) is 6.54. The molecule has 1 saturated heterocycles. The minimum absolute atomic E-state index is 0.102. The van der Waals surface area contributed by atoms with Crippen molar-refractivity contribution in [1.29, 1.82) is 0 Å². The predicted molar refractivity (Wildman–Crippen MR) is 103 cm³/mol. The van der Waals surface area contributed by atoms with Gasteiger partial charge in [-0.15, -0.1) is 0 Å². The third-order valence-corrected chi connectivity index (χ3v) is 5.51. The molecule has 2 aliphatic rings. The topological polar surface area (TPSA) is 89.9 Å². The van der Waals surface area contributed by atoms with Gasteiger partial charge in [-0.1, -0.05) is 0 Å². The van der Waals surface area contributed by atoms with E-state index in [1.165, 1.54) is 11.6 Å². The maximum atomic E-state index is 12.8. The molecule has 1 atom stereocenters. The van der Waals surface area contributed by atoms with Crippen LogP contribution in [-0.4, -0.2) is 68.7 Å². The summed E-state index contributed by atoms with van der Waals surface area (Å²) in [5.74, 6) is 0.606. The predicted octanol–water partition coefficient (Wildman–Crippen LogP) is -0.477. The van der Waals surface area contributed by atoms with Crippen molar-refractivity contribution in [3.05, 3.63) is 20.8 Å². The molecule has 10 nitrogen and oxygen atoms in total. The fraction of sp³-hybridized carbons (Fsp3) is 0.647. The van der Waals surface area contributed by atoms with Gasteiger partial charge in [-0.2, -0.15) is 10.1 Å². The van der Waals surface area contributed by atoms with Crippen molar-refractivity contribution in [2.24, 2.45) is 19.2 Å². The number of aryl methyl sites for hydroxylation is 1. The van der Waals surface area contributed by atoms with Crippen molar-refractivity contribution >= 4 is 22.8 Å². The van der Waals surface area contributed by atoms with E-state index < -0.39 is 0 Å². The first-order chi connectivity index (χ1) is 12.9. The molecule has 0 bridgehead atoms. The van der Waals surface area contributed by atoms with E-state index in [9.17, 15) is 9.59 Å². The van der Waals surface area contributed by atoms with Gasteiger partial charge < -0.3 is 4.74 Å². The molecule has 0 aromatic carbocycles. The number of hydrogen-bond donors (Lipinski definition) is 0. The van der Waals surface area contributed by atoms with Crippen LogP contribution in [0.2, 0.25) is 0 Å². The second-order valence-electron chi connectivity index (χ2n) is 7.15. The zero-order chi connectivity index (χ0) is 19.3. The summed E-state index contributed by atoms with van der Waals surface area (Å²) in [5.41, 5.74) is 1.02. The van der Waals surface area contributed by atoms with Gasteiger partial charge in [-0.05, 0) is 13.8 Å². The van der Waals surface area contributed by atoms with Crippen LogP contribution in [0.4, 0.5) is 5.95 Å². The van der Waals surface area contributed by atoms with Crippen LogP contribution in [0, 0.1) is 0 Å². The maximum Gasteiger partial charge on any atom is 0.332 e. The van der Waals surface area contributed by atoms with Crippen LogP contribution in [0.3, 0.4) is 0 Å². The number of hydrogen-bond acceptors (Lipinski definition) is 7. The highest BCUT2D eigenvalue weighted by Crippen LogP contribution is 2.29. The second kappa shape index (κ2) is 6.61. The van der Waals surface area contributed by atoms with E-state index in [0.717, 1.165) is 43.1 Å². The number of aromatic nitrogens is 4. The first-order valence-electron chi connectivity index (χ1n) is 9.21. The number of ether oxygens (including phenoxy) is 1. The lowest BCUT2D eigenvalue weighted by Gasteiger charge is -2.32. The fourth-order valence-corrected chi connectivity index (χ4v) is 3.67. The molecule has 10 heteroatoms. The Morgan fingerprint density at radius 2 is 1.81 bits per heavy atom. The molecule has 2 aromatic heterocycles. The Hall–Kier alpha value is -2.46. The molecular formula is C17H25N7O3. The number of nitrogens with zero attached hydrogens (tertiary/aromatic N) is 7. The minimum Gasteiger partial charge on any atom is -0.379 e. The summed E-state index contributed by atoms with van der Waals surface area (Å²) in [6.07, 6.45) is 0. The van der Waals surface area contributed by atoms with Crippen LogP contribution in [0.25, 0.3) is 11.2 Å². The third-order valence-electron chi connectivity index (χ3n) is 5.51. The molecule has 27 heavy (non-hydrogen) atoms. The smallest absolute Gasteiger partial charge is 0.332 e. The lowest BCUT2D eigenvalue weighted by molar-refractivity contribution is 0.0391. The van der Waals surface area contributed by atoms with Crippen molar-refractivity contribution in [1.82, 2.24) is 23.6 Å². The summed E-state index contributed by atoms with van der Waals surface area (Å²) in [6.45, 7) is 8.72. The highest BCUT2D eigenvalue weighted by molar-refractivity contribution is 5.91. The molecule has 0 radical (unpaired) electrons. The average Bonchev–Trinajstić information content (AvgIpc) is 3.08. The molecule has 0 unspecified atom stereocenters. The zero-order valence-electron chi connectivity index (χ0n) is 16.2. The van der Waals surface area contributed by atoms with Crippen LogP contribution < -0.4 is 16.3 Å². The van der Waals surface area contributed by atoms with Crippen molar-refractivity contribution in [2.45, 2.75) is 19.9 Å². The normalized spacial score (nSPS) is 20.8. The van der Waals surface area contributed by atoms with Crippen LogP contribution in [0.5, 0.6) is 0 Å². The van der Waals surface area contributed by atoms with Crippen molar-refractivity contribution < 1.29 is 4.74 Å². The van der Waals surface area contributed by atoms with Crippen molar-refractivity contribution in [2.75, 3.05) is 44.4 Å². The number of rotatable bonds is 3. The van der Waals surface area contributed by atoms with Gasteiger partial charge in [0.25, 0.3) is 5.56 Å². The van der Waals surface area contributed by atoms with Gasteiger partial charge in [0.05, 0.1) is 31.5 Å². The minimum atomic E-state index is -0.381. The number of hydrazone groups is 1. The van der Waals surface area contributed by atoms with Gasteiger partial charge in [-0.3, -0.25) is 23.4 Å². The van der Waals surface area contributed by atoms with Crippen LogP contribution in [0.1, 0.15) is 19.9 Å². The Kier molecular flexibility index (Phi) is 4.39. The molecule has 2 aromatic rings. The summed E-state index contributed by atoms with van der Waals surface area (Å²) >= 11 is 0. The molecule has 4 rings (SSSR count). The van der Waals surface area contributed by atoms with Gasteiger partial charge in [0.2, 0.25) is 5.95 Å². The summed E-state index contributed by atoms with van der Waals surface area (Å²) in [7, 11) is 3.13. The van der Waals surface area contributed by atoms with Crippen LogP contribution >= 0.6 is 0 Å². The molecule has 146 valence electrons. The van der Waals surface area contributed by atoms with E-state index in [1.54, 1.807) is 7.05 Å². The fourth-order valence-electron chi connectivity index (χ4n) is 3.67. The highest BCUT2D eigenvalue weighted by Gasteiger charge is 2.30. The van der Waals surface area contributed by atoms with Crippen LogP contribution in [0.15, 0.2) is 14.7 Å². The highest BCUT2D eigenvalue weighted by atomic mass is 16.5. The third kappa shape index (κ3) is 2.79. The Labute approximate surface area is 156 Å². The Bertz CT molecular complexity index is 1030. The number of imidazole rings is 1. The number of morpholine rings is 1. The zero-order valence-corrected chi connectivity index (χ0v) is 16.2. The van der Waals surface area contributed by atoms with Gasteiger partial charge in [-0.25, -0.2) is 9.80 Å². The quantitative estimate of drug-likeness (QED) is 0.720. The number of anilines is 1. The molecular weight excluding hydrogens is 350 g/mol. The van der Waals surface area contributed by atoms with E-state index >= 15 is 0 Å². The number of fused-ring (bicyclic) bond motifs is 3. The Balaban J connectivity index is 1.79. The molecule has 0 N–H and O–H groups in total. The van der Waals surface area contributed by atoms with Gasteiger partial charge in [0.15, 0.2) is 11.2 Å². The standard InChI is InChI=1S/C17H25N7O3/c1-11-12(2)24-13-14(20(3)17(26)21(4)15(13)25)18-16(24)23(19-11)6-5-22-7-9-27-10-8-22/h12H,5-10H2,1-4H3/t12-/m1/s1. The molecule has 2 aliphatic heterocycles. The summed E-state index contributed by atoms with van der Waals surface area (Å²) in [4.78, 5) is 32.1. The molecule has 0 saturated carbocycles. The first kappa shape index (κ1) is 17.9. The Morgan fingerprint density at radius 1 is 1.11 bits per heavy atom. The van der Waals surface area contributed by atoms with Gasteiger partial charge in [0.1, 0.15) is 0 Å². The monoisotopic (exact) mass is 375 g/mol. The first-order valence-corrected chi connectivity index (χ1v) is 9.21. The lowest BCUT2D eigenvalue weighted by Crippen LogP contribution is -2.42. The molecule has 0 amide bonds. The second-order valence-corrected chi connectivity index (χ2v) is 7.15. The van der Waals surface area contributed by atoms with Gasteiger partial charge in [0, 0.05) is 33.7 Å². The SMILES string of the molecule is CC1=NN(CCN2CCOCC2)c2nc3c(c(=O)n(C)c(=O)n3C)n2[C@@H]1C. The van der Waals surface area contributed by atoms with E-state index in [4.69, 9.17) is 9.84 Å². The largest absolute Gasteiger partial charge is 0.379 e. The van der Waals surface area contributed by atoms with Crippen molar-refractivity contribution in [3.8, 4) is 0 Å². The average molecular weight is 375 g/mol. The van der Waals surface area contributed by atoms with E-state index in [1.807, 2.05) is 23.4 Å². The van der Waals surface area contributed by atoms with Crippen LogP contribution in [-0.2, 0) is 18.8 Å². The molecule has 1 fully saturated rings.